The lowest BCUT2D eigenvalue weighted by Gasteiger charge is -2.12. The van der Waals surface area contributed by atoms with Crippen LogP contribution in [0.15, 0.2) is 0 Å². The van der Waals surface area contributed by atoms with Gasteiger partial charge in [0.1, 0.15) is 24.3 Å². The summed E-state index contributed by atoms with van der Waals surface area (Å²) in [5, 5.41) is 0. The number of carbonyl (C=O) groups excluding carboxylic acids is 3. The minimum absolute atomic E-state index is 0.357. The summed E-state index contributed by atoms with van der Waals surface area (Å²) in [5.74, 6) is 0. The highest BCUT2D eigenvalue weighted by atomic mass is 16.2. The summed E-state index contributed by atoms with van der Waals surface area (Å²) in [6.07, 6.45) is 8.19. The molecule has 0 atom stereocenters. The maximum Gasteiger partial charge on any atom is 0.140 e. The number of rotatable bonds is 10. The summed E-state index contributed by atoms with van der Waals surface area (Å²) < 4.78 is 0. The quantitative estimate of drug-likeness (QED) is 0.317. The second kappa shape index (κ2) is 8.33. The molecule has 0 heterocycles. The van der Waals surface area contributed by atoms with Crippen molar-refractivity contribution in [3.63, 3.8) is 0 Å². The Morgan fingerprint density at radius 3 is 1.73 bits per heavy atom. The predicted octanol–water partition coefficient (Wildman–Crippen LogP) is 2.32. The van der Waals surface area contributed by atoms with E-state index in [1.165, 1.54) is 19.3 Å². The van der Waals surface area contributed by atoms with Gasteiger partial charge >= 0.3 is 0 Å². The van der Waals surface area contributed by atoms with Gasteiger partial charge in [0.2, 0.25) is 0 Å². The van der Waals surface area contributed by atoms with E-state index in [1.807, 2.05) is 0 Å². The molecule has 0 aromatic heterocycles. The van der Waals surface area contributed by atoms with Gasteiger partial charge in [-0.1, -0.05) is 45.4 Å². The highest BCUT2D eigenvalue weighted by molar-refractivity contribution is 6.01. The van der Waals surface area contributed by atoms with Gasteiger partial charge in [-0.3, -0.25) is 0 Å². The Kier molecular flexibility index (Phi) is 7.78. The van der Waals surface area contributed by atoms with Crippen LogP contribution in [0.4, 0.5) is 0 Å². The zero-order chi connectivity index (χ0) is 11.6. The monoisotopic (exact) mass is 212 g/mol. The Labute approximate surface area is 91.2 Å². The second-order valence-corrected chi connectivity index (χ2v) is 3.98. The standard InChI is InChI=1S/C12H20O3/c1-2-3-4-5-6-7-8-12(9-13,10-14)11-15/h9-11H,2-8H2,1H3. The fraction of sp³-hybridized carbons (Fsp3) is 0.750. The van der Waals surface area contributed by atoms with Crippen molar-refractivity contribution in [2.45, 2.75) is 51.9 Å². The fourth-order valence-corrected chi connectivity index (χ4v) is 1.47. The lowest BCUT2D eigenvalue weighted by molar-refractivity contribution is -0.133. The molecule has 0 radical (unpaired) electrons. The third-order valence-electron chi connectivity index (χ3n) is 2.62. The van der Waals surface area contributed by atoms with Crippen LogP contribution in [-0.2, 0) is 14.4 Å². The Hall–Kier alpha value is -0.990. The molecular formula is C12H20O3. The van der Waals surface area contributed by atoms with Crippen LogP contribution >= 0.6 is 0 Å². The normalized spacial score (nSPS) is 11.0. The van der Waals surface area contributed by atoms with Gasteiger partial charge in [0.25, 0.3) is 0 Å². The molecule has 0 unspecified atom stereocenters. The first-order valence-electron chi connectivity index (χ1n) is 5.63. The maximum absolute atomic E-state index is 10.6. The van der Waals surface area contributed by atoms with Crippen LogP contribution in [0, 0.1) is 5.41 Å². The summed E-state index contributed by atoms with van der Waals surface area (Å²) in [7, 11) is 0. The van der Waals surface area contributed by atoms with Gasteiger partial charge in [-0.15, -0.1) is 0 Å². The molecule has 0 fully saturated rings. The highest BCUT2D eigenvalue weighted by Gasteiger charge is 2.27. The smallest absolute Gasteiger partial charge is 0.140 e. The van der Waals surface area contributed by atoms with E-state index in [0.29, 0.717) is 25.3 Å². The van der Waals surface area contributed by atoms with Crippen molar-refractivity contribution in [2.24, 2.45) is 5.41 Å². The van der Waals surface area contributed by atoms with Crippen molar-refractivity contribution in [3.05, 3.63) is 0 Å². The Morgan fingerprint density at radius 1 is 0.800 bits per heavy atom. The van der Waals surface area contributed by atoms with E-state index in [0.717, 1.165) is 19.3 Å². The summed E-state index contributed by atoms with van der Waals surface area (Å²) in [6, 6.07) is 0. The molecule has 0 aromatic carbocycles. The SMILES string of the molecule is CCCCCCCCC(C=O)(C=O)C=O. The molecule has 0 N–H and O–H groups in total. The molecule has 3 nitrogen and oxygen atoms in total. The first kappa shape index (κ1) is 14.0. The van der Waals surface area contributed by atoms with Crippen LogP contribution in [0.3, 0.4) is 0 Å². The number of hydrogen-bond acceptors (Lipinski definition) is 3. The molecule has 0 aliphatic rings. The first-order chi connectivity index (χ1) is 7.24. The molecule has 0 bridgehead atoms. The lowest BCUT2D eigenvalue weighted by Crippen LogP contribution is -2.26. The van der Waals surface area contributed by atoms with Gasteiger partial charge in [0.05, 0.1) is 0 Å². The zero-order valence-electron chi connectivity index (χ0n) is 9.41. The van der Waals surface area contributed by atoms with Gasteiger partial charge in [0, 0.05) is 0 Å². The number of aldehydes is 3. The van der Waals surface area contributed by atoms with Crippen molar-refractivity contribution in [3.8, 4) is 0 Å². The number of unbranched alkanes of at least 4 members (excludes halogenated alkanes) is 5. The maximum atomic E-state index is 10.6. The van der Waals surface area contributed by atoms with E-state index in [9.17, 15) is 14.4 Å². The van der Waals surface area contributed by atoms with Crippen LogP contribution in [0.25, 0.3) is 0 Å². The molecule has 0 aromatic rings. The van der Waals surface area contributed by atoms with Gasteiger partial charge in [-0.25, -0.2) is 0 Å². The van der Waals surface area contributed by atoms with Crippen molar-refractivity contribution in [1.29, 1.82) is 0 Å². The molecule has 3 heteroatoms. The molecule has 86 valence electrons. The second-order valence-electron chi connectivity index (χ2n) is 3.98. The van der Waals surface area contributed by atoms with Crippen LogP contribution < -0.4 is 0 Å². The highest BCUT2D eigenvalue weighted by Crippen LogP contribution is 2.18. The van der Waals surface area contributed by atoms with Crippen molar-refractivity contribution in [1.82, 2.24) is 0 Å². The van der Waals surface area contributed by atoms with Crippen LogP contribution in [0.5, 0.6) is 0 Å². The molecule has 0 saturated carbocycles. The van der Waals surface area contributed by atoms with E-state index in [-0.39, 0.29) is 0 Å². The molecule has 15 heavy (non-hydrogen) atoms. The topological polar surface area (TPSA) is 51.2 Å². The van der Waals surface area contributed by atoms with Crippen LogP contribution in [0.2, 0.25) is 0 Å². The molecule has 0 spiro atoms. The van der Waals surface area contributed by atoms with Crippen molar-refractivity contribution < 1.29 is 14.4 Å². The molecular weight excluding hydrogens is 192 g/mol. The Morgan fingerprint density at radius 2 is 1.27 bits per heavy atom. The average molecular weight is 212 g/mol. The molecule has 0 aliphatic carbocycles. The van der Waals surface area contributed by atoms with Crippen molar-refractivity contribution in [2.75, 3.05) is 0 Å². The van der Waals surface area contributed by atoms with Gasteiger partial charge in [-0.2, -0.15) is 0 Å². The fourth-order valence-electron chi connectivity index (χ4n) is 1.47. The largest absolute Gasteiger partial charge is 0.302 e. The van der Waals surface area contributed by atoms with Crippen LogP contribution in [-0.4, -0.2) is 18.9 Å². The Balaban J connectivity index is 3.67. The van der Waals surface area contributed by atoms with Crippen LogP contribution in [0.1, 0.15) is 51.9 Å². The van der Waals surface area contributed by atoms with E-state index < -0.39 is 5.41 Å². The average Bonchev–Trinajstić information content (AvgIpc) is 2.29. The third-order valence-corrected chi connectivity index (χ3v) is 2.62. The molecule has 0 aliphatic heterocycles. The number of carbonyl (C=O) groups is 3. The third kappa shape index (κ3) is 5.45. The lowest BCUT2D eigenvalue weighted by atomic mass is 9.87. The number of hydrogen-bond donors (Lipinski definition) is 0. The van der Waals surface area contributed by atoms with Gasteiger partial charge in [-0.05, 0) is 6.42 Å². The minimum Gasteiger partial charge on any atom is -0.302 e. The molecule has 0 amide bonds. The van der Waals surface area contributed by atoms with Crippen molar-refractivity contribution >= 4 is 18.9 Å². The van der Waals surface area contributed by atoms with E-state index in [2.05, 4.69) is 6.92 Å². The summed E-state index contributed by atoms with van der Waals surface area (Å²) in [6.45, 7) is 2.15. The van der Waals surface area contributed by atoms with Gasteiger partial charge in [0.15, 0.2) is 0 Å². The summed E-state index contributed by atoms with van der Waals surface area (Å²) in [5.41, 5.74) is -1.37. The summed E-state index contributed by atoms with van der Waals surface area (Å²) >= 11 is 0. The van der Waals surface area contributed by atoms with E-state index in [1.54, 1.807) is 0 Å². The predicted molar refractivity (Wildman–Crippen MR) is 58.6 cm³/mol. The first-order valence-corrected chi connectivity index (χ1v) is 5.63. The molecule has 0 rings (SSSR count). The Bertz CT molecular complexity index is 177. The van der Waals surface area contributed by atoms with E-state index >= 15 is 0 Å². The zero-order valence-corrected chi connectivity index (χ0v) is 9.41. The molecule has 0 saturated heterocycles. The summed E-state index contributed by atoms with van der Waals surface area (Å²) in [4.78, 5) is 31.8. The van der Waals surface area contributed by atoms with Gasteiger partial charge < -0.3 is 14.4 Å². The minimum atomic E-state index is -1.37. The van der Waals surface area contributed by atoms with E-state index in [4.69, 9.17) is 0 Å².